The highest BCUT2D eigenvalue weighted by Gasteiger charge is 2.33. The van der Waals surface area contributed by atoms with Gasteiger partial charge in [-0.05, 0) is 60.9 Å². The summed E-state index contributed by atoms with van der Waals surface area (Å²) in [6.45, 7) is 4.21. The largest absolute Gasteiger partial charge is 0.489 e. The molecule has 0 fully saturated rings. The van der Waals surface area contributed by atoms with Gasteiger partial charge in [0.15, 0.2) is 4.80 Å². The molecule has 0 N–H and O–H groups in total. The Morgan fingerprint density at radius 1 is 1.05 bits per heavy atom. The van der Waals surface area contributed by atoms with E-state index in [1.807, 2.05) is 72.8 Å². The maximum absolute atomic E-state index is 13.7. The summed E-state index contributed by atoms with van der Waals surface area (Å²) in [4.78, 5) is 31.8. The molecule has 4 aromatic rings. The highest BCUT2D eigenvalue weighted by molar-refractivity contribution is 7.07. The Hall–Kier alpha value is -3.94. The quantitative estimate of drug-likeness (QED) is 0.306. The van der Waals surface area contributed by atoms with E-state index in [2.05, 4.69) is 4.99 Å². The fraction of sp³-hybridized carbons (Fsp3) is 0.167. The average Bonchev–Trinajstić information content (AvgIpc) is 3.22. The van der Waals surface area contributed by atoms with Crippen LogP contribution in [0.5, 0.6) is 5.75 Å². The summed E-state index contributed by atoms with van der Waals surface area (Å²) < 4.78 is 13.3. The number of nitrogens with zero attached hydrogens (tertiary/aromatic N) is 2. The van der Waals surface area contributed by atoms with Gasteiger partial charge in [0.25, 0.3) is 5.56 Å². The van der Waals surface area contributed by atoms with Crippen LogP contribution in [0.2, 0.25) is 5.02 Å². The summed E-state index contributed by atoms with van der Waals surface area (Å²) in [5, 5.41) is 0.565. The minimum Gasteiger partial charge on any atom is -0.489 e. The Kier molecular flexibility index (Phi) is 7.58. The third-order valence-electron chi connectivity index (χ3n) is 6.13. The number of carbonyl (C=O) groups is 1. The molecule has 8 heteroatoms. The van der Waals surface area contributed by atoms with Crippen LogP contribution in [0.3, 0.4) is 0 Å². The molecule has 0 saturated heterocycles. The lowest BCUT2D eigenvalue weighted by Gasteiger charge is -2.24. The Balaban J connectivity index is 1.51. The molecule has 1 aliphatic rings. The van der Waals surface area contributed by atoms with E-state index in [9.17, 15) is 9.59 Å². The molecule has 6 nitrogen and oxygen atoms in total. The van der Waals surface area contributed by atoms with Crippen molar-refractivity contribution in [3.05, 3.63) is 132 Å². The number of halogens is 1. The number of hydrogen-bond donors (Lipinski definition) is 0. The van der Waals surface area contributed by atoms with E-state index < -0.39 is 12.0 Å². The molecule has 0 amide bonds. The van der Waals surface area contributed by atoms with Gasteiger partial charge in [-0.25, -0.2) is 9.79 Å². The third-order valence-corrected chi connectivity index (χ3v) is 7.36. The maximum atomic E-state index is 13.7. The molecular formula is C30H25ClN2O4S. The summed E-state index contributed by atoms with van der Waals surface area (Å²) in [6.07, 6.45) is 1.83. The summed E-state index contributed by atoms with van der Waals surface area (Å²) >= 11 is 7.40. The van der Waals surface area contributed by atoms with Crippen LogP contribution in [0.1, 0.15) is 36.6 Å². The summed E-state index contributed by atoms with van der Waals surface area (Å²) in [6, 6.07) is 24.0. The van der Waals surface area contributed by atoms with Gasteiger partial charge in [0.05, 0.1) is 28.5 Å². The second-order valence-corrected chi connectivity index (χ2v) is 10.1. The van der Waals surface area contributed by atoms with E-state index in [-0.39, 0.29) is 12.2 Å². The second-order valence-electron chi connectivity index (χ2n) is 8.70. The van der Waals surface area contributed by atoms with Gasteiger partial charge < -0.3 is 9.47 Å². The molecular weight excluding hydrogens is 520 g/mol. The van der Waals surface area contributed by atoms with E-state index in [1.54, 1.807) is 30.5 Å². The van der Waals surface area contributed by atoms with Gasteiger partial charge in [-0.1, -0.05) is 77.5 Å². The Bertz CT molecular complexity index is 1670. The summed E-state index contributed by atoms with van der Waals surface area (Å²) in [7, 11) is 0. The molecule has 0 aliphatic carbocycles. The zero-order valence-electron chi connectivity index (χ0n) is 20.9. The SMILES string of the molecule is CCOC(=O)C1=C(C)N=c2s/c(=C\c3ccc(OCc4ccccc4)cc3)c(=O)n2C1c1ccc(Cl)cc1. The van der Waals surface area contributed by atoms with E-state index >= 15 is 0 Å². The summed E-state index contributed by atoms with van der Waals surface area (Å²) in [5.74, 6) is 0.249. The topological polar surface area (TPSA) is 69.9 Å². The molecule has 0 spiro atoms. The first kappa shape index (κ1) is 25.7. The molecule has 192 valence electrons. The van der Waals surface area contributed by atoms with Crippen LogP contribution >= 0.6 is 22.9 Å². The zero-order valence-corrected chi connectivity index (χ0v) is 22.5. The number of allylic oxidation sites excluding steroid dienone is 1. The lowest BCUT2D eigenvalue weighted by molar-refractivity contribution is -0.139. The smallest absolute Gasteiger partial charge is 0.338 e. The molecule has 1 atom stereocenters. The van der Waals surface area contributed by atoms with Crippen molar-refractivity contribution < 1.29 is 14.3 Å². The first-order valence-electron chi connectivity index (χ1n) is 12.2. The van der Waals surface area contributed by atoms with E-state index in [4.69, 9.17) is 21.1 Å². The van der Waals surface area contributed by atoms with Crippen LogP contribution in [-0.4, -0.2) is 17.1 Å². The molecule has 5 rings (SSSR count). The Labute approximate surface area is 228 Å². The van der Waals surface area contributed by atoms with Gasteiger partial charge in [0, 0.05) is 5.02 Å². The van der Waals surface area contributed by atoms with Crippen LogP contribution in [-0.2, 0) is 16.1 Å². The molecule has 1 aliphatic heterocycles. The molecule has 1 unspecified atom stereocenters. The van der Waals surface area contributed by atoms with Crippen molar-refractivity contribution in [3.63, 3.8) is 0 Å². The minimum atomic E-state index is -0.668. The van der Waals surface area contributed by atoms with E-state index in [0.717, 1.165) is 22.4 Å². The number of ether oxygens (including phenoxy) is 2. The molecule has 1 aromatic heterocycles. The standard InChI is InChI=1S/C30H25ClN2O4S/c1-3-36-29(35)26-19(2)32-30-33(27(26)22-11-13-23(31)14-12-22)28(34)25(38-30)17-20-9-15-24(16-10-20)37-18-21-7-5-4-6-8-21/h4-17,27H,3,18H2,1-2H3/b25-17-. The maximum Gasteiger partial charge on any atom is 0.338 e. The van der Waals surface area contributed by atoms with Crippen molar-refractivity contribution in [2.45, 2.75) is 26.5 Å². The number of hydrogen-bond acceptors (Lipinski definition) is 6. The van der Waals surface area contributed by atoms with E-state index in [1.165, 1.54) is 11.3 Å². The van der Waals surface area contributed by atoms with Gasteiger partial charge in [-0.2, -0.15) is 0 Å². The molecule has 0 radical (unpaired) electrons. The van der Waals surface area contributed by atoms with Crippen LogP contribution < -0.4 is 19.6 Å². The van der Waals surface area contributed by atoms with Gasteiger partial charge in [0.1, 0.15) is 12.4 Å². The average molecular weight is 545 g/mol. The molecule has 0 bridgehead atoms. The molecule has 0 saturated carbocycles. The van der Waals surface area contributed by atoms with Gasteiger partial charge >= 0.3 is 5.97 Å². The first-order valence-corrected chi connectivity index (χ1v) is 13.4. The normalized spacial score (nSPS) is 15.1. The number of carbonyl (C=O) groups excluding carboxylic acids is 1. The van der Waals surface area contributed by atoms with Gasteiger partial charge in [-0.15, -0.1) is 0 Å². The number of aromatic nitrogens is 1. The van der Waals surface area contributed by atoms with Crippen LogP contribution in [0.4, 0.5) is 0 Å². The van der Waals surface area contributed by atoms with Crippen molar-refractivity contribution >= 4 is 35.0 Å². The second kappa shape index (κ2) is 11.2. The minimum absolute atomic E-state index is 0.221. The fourth-order valence-electron chi connectivity index (χ4n) is 4.30. The molecule has 3 aromatic carbocycles. The lowest BCUT2D eigenvalue weighted by Crippen LogP contribution is -2.39. The first-order chi connectivity index (χ1) is 18.4. The van der Waals surface area contributed by atoms with Crippen molar-refractivity contribution in [2.24, 2.45) is 4.99 Å². The zero-order chi connectivity index (χ0) is 26.6. The van der Waals surface area contributed by atoms with Crippen LogP contribution in [0, 0.1) is 0 Å². The van der Waals surface area contributed by atoms with Gasteiger partial charge in [-0.3, -0.25) is 9.36 Å². The number of fused-ring (bicyclic) bond motifs is 1. The summed E-state index contributed by atoms with van der Waals surface area (Å²) in [5.41, 5.74) is 3.33. The van der Waals surface area contributed by atoms with Crippen molar-refractivity contribution in [2.75, 3.05) is 6.61 Å². The molecule has 38 heavy (non-hydrogen) atoms. The van der Waals surface area contributed by atoms with Crippen LogP contribution in [0.25, 0.3) is 6.08 Å². The number of benzene rings is 3. The van der Waals surface area contributed by atoms with Crippen molar-refractivity contribution in [1.29, 1.82) is 0 Å². The van der Waals surface area contributed by atoms with Crippen LogP contribution in [0.15, 0.2) is 99.9 Å². The number of rotatable bonds is 7. The predicted molar refractivity (Wildman–Crippen MR) is 149 cm³/mol. The molecule has 2 heterocycles. The fourth-order valence-corrected chi connectivity index (χ4v) is 5.48. The number of thiazole rings is 1. The predicted octanol–water partition coefficient (Wildman–Crippen LogP) is 5.03. The highest BCUT2D eigenvalue weighted by atomic mass is 35.5. The lowest BCUT2D eigenvalue weighted by atomic mass is 9.96. The third kappa shape index (κ3) is 5.35. The van der Waals surface area contributed by atoms with Gasteiger partial charge in [0.2, 0.25) is 0 Å². The monoisotopic (exact) mass is 544 g/mol. The Morgan fingerprint density at radius 2 is 1.76 bits per heavy atom. The Morgan fingerprint density at radius 3 is 2.45 bits per heavy atom. The van der Waals surface area contributed by atoms with Crippen molar-refractivity contribution in [3.8, 4) is 5.75 Å². The van der Waals surface area contributed by atoms with E-state index in [0.29, 0.717) is 32.2 Å². The number of esters is 1. The highest BCUT2D eigenvalue weighted by Crippen LogP contribution is 2.31. The van der Waals surface area contributed by atoms with Crippen molar-refractivity contribution in [1.82, 2.24) is 4.57 Å².